The van der Waals surface area contributed by atoms with Crippen LogP contribution in [0, 0.1) is 0 Å². The summed E-state index contributed by atoms with van der Waals surface area (Å²) < 4.78 is 2.05. The summed E-state index contributed by atoms with van der Waals surface area (Å²) in [6.07, 6.45) is 8.33. The lowest BCUT2D eigenvalue weighted by Gasteiger charge is -2.39. The zero-order valence-corrected chi connectivity index (χ0v) is 12.6. The third-order valence-corrected chi connectivity index (χ3v) is 5.22. The van der Waals surface area contributed by atoms with Crippen molar-refractivity contribution in [3.8, 4) is 0 Å². The maximum atomic E-state index is 4.44. The second-order valence-corrected chi connectivity index (χ2v) is 6.56. The molecule has 2 aliphatic carbocycles. The highest BCUT2D eigenvalue weighted by Crippen LogP contribution is 2.39. The number of nitrogens with one attached hydrogen (secondary N) is 1. The molecule has 4 rings (SSSR count). The fourth-order valence-corrected chi connectivity index (χ4v) is 3.92. The van der Waals surface area contributed by atoms with Crippen LogP contribution in [0.3, 0.4) is 0 Å². The van der Waals surface area contributed by atoms with E-state index in [9.17, 15) is 0 Å². The molecule has 1 N–H and O–H groups in total. The Hall–Kier alpha value is -1.61. The van der Waals surface area contributed by atoms with E-state index < -0.39 is 0 Å². The zero-order valence-electron chi connectivity index (χ0n) is 12.6. The van der Waals surface area contributed by atoms with E-state index in [0.29, 0.717) is 12.1 Å². The maximum Gasteiger partial charge on any atom is 0.0540 e. The number of aromatic nitrogens is 2. The van der Waals surface area contributed by atoms with Gasteiger partial charge in [0.25, 0.3) is 0 Å². The summed E-state index contributed by atoms with van der Waals surface area (Å²) in [6.45, 7) is 0. The van der Waals surface area contributed by atoms with Crippen LogP contribution >= 0.6 is 0 Å². The number of nitrogens with zero attached hydrogens (tertiary/aromatic N) is 2. The Morgan fingerprint density at radius 2 is 2.00 bits per heavy atom. The van der Waals surface area contributed by atoms with Crippen LogP contribution in [0.4, 0.5) is 0 Å². The molecule has 0 amide bonds. The van der Waals surface area contributed by atoms with E-state index >= 15 is 0 Å². The summed E-state index contributed by atoms with van der Waals surface area (Å²) in [6, 6.07) is 12.1. The van der Waals surface area contributed by atoms with Crippen molar-refractivity contribution < 1.29 is 0 Å². The molecule has 3 nitrogen and oxygen atoms in total. The highest BCUT2D eigenvalue weighted by atomic mass is 15.3. The summed E-state index contributed by atoms with van der Waals surface area (Å²) in [5, 5.41) is 8.31. The smallest absolute Gasteiger partial charge is 0.0540 e. The molecule has 0 bridgehead atoms. The highest BCUT2D eigenvalue weighted by molar-refractivity contribution is 5.26. The first-order chi connectivity index (χ1) is 10.3. The molecule has 1 atom stereocenters. The Kier molecular flexibility index (Phi) is 3.30. The van der Waals surface area contributed by atoms with E-state index in [1.54, 1.807) is 0 Å². The molecule has 1 saturated carbocycles. The van der Waals surface area contributed by atoms with E-state index in [2.05, 4.69) is 58.7 Å². The fraction of sp³-hybridized carbons (Fsp3) is 0.500. The first-order valence-corrected chi connectivity index (χ1v) is 8.13. The molecule has 2 aromatic rings. The van der Waals surface area contributed by atoms with Crippen molar-refractivity contribution >= 4 is 0 Å². The third-order valence-electron chi connectivity index (χ3n) is 5.22. The van der Waals surface area contributed by atoms with E-state index in [1.807, 2.05) is 0 Å². The number of aryl methyl sites for hydroxylation is 1. The van der Waals surface area contributed by atoms with Gasteiger partial charge in [-0.3, -0.25) is 4.68 Å². The number of rotatable bonds is 3. The average molecular weight is 281 g/mol. The van der Waals surface area contributed by atoms with E-state index in [1.165, 1.54) is 48.9 Å². The van der Waals surface area contributed by atoms with Crippen LogP contribution in [0.25, 0.3) is 0 Å². The monoisotopic (exact) mass is 281 g/mol. The molecule has 0 spiro atoms. The molecule has 1 unspecified atom stereocenters. The van der Waals surface area contributed by atoms with Crippen LogP contribution in [-0.2, 0) is 13.5 Å². The highest BCUT2D eigenvalue weighted by Gasteiger charge is 2.33. The first-order valence-electron chi connectivity index (χ1n) is 8.13. The van der Waals surface area contributed by atoms with Crippen molar-refractivity contribution in [1.82, 2.24) is 15.1 Å². The van der Waals surface area contributed by atoms with Crippen LogP contribution in [0.2, 0.25) is 0 Å². The minimum absolute atomic E-state index is 0.518. The van der Waals surface area contributed by atoms with Gasteiger partial charge in [0.1, 0.15) is 0 Å². The lowest BCUT2D eigenvalue weighted by molar-refractivity contribution is 0.254. The molecular weight excluding hydrogens is 258 g/mol. The molecule has 110 valence electrons. The standard InChI is InChI=1S/C18H23N3/c1-21-18-9-5-8-17(16(18)12-19-21)20-15-10-14(11-15)13-6-3-2-4-7-13/h2-4,6-7,12,14-15,17,20H,5,8-11H2,1H3. The predicted octanol–water partition coefficient (Wildman–Crippen LogP) is 3.33. The normalized spacial score (nSPS) is 28.0. The molecule has 0 aliphatic heterocycles. The van der Waals surface area contributed by atoms with Gasteiger partial charge in [-0.1, -0.05) is 30.3 Å². The van der Waals surface area contributed by atoms with Crippen molar-refractivity contribution in [1.29, 1.82) is 0 Å². The third kappa shape index (κ3) is 2.40. The van der Waals surface area contributed by atoms with Gasteiger partial charge in [0.05, 0.1) is 6.20 Å². The number of benzene rings is 1. The van der Waals surface area contributed by atoms with Gasteiger partial charge in [-0.15, -0.1) is 0 Å². The van der Waals surface area contributed by atoms with Gasteiger partial charge in [-0.2, -0.15) is 5.10 Å². The SMILES string of the molecule is Cn1ncc2c1CCCC2NC1CC(c2ccccc2)C1. The summed E-state index contributed by atoms with van der Waals surface area (Å²) in [7, 11) is 2.07. The average Bonchev–Trinajstić information content (AvgIpc) is 2.86. The Balaban J connectivity index is 1.39. The Morgan fingerprint density at radius 3 is 2.81 bits per heavy atom. The molecule has 1 aromatic heterocycles. The van der Waals surface area contributed by atoms with Crippen LogP contribution in [0.15, 0.2) is 36.5 Å². The molecule has 1 heterocycles. The van der Waals surface area contributed by atoms with E-state index in [0.717, 1.165) is 5.92 Å². The van der Waals surface area contributed by atoms with Gasteiger partial charge in [0.2, 0.25) is 0 Å². The summed E-state index contributed by atoms with van der Waals surface area (Å²) in [4.78, 5) is 0. The molecular formula is C18H23N3. The molecule has 21 heavy (non-hydrogen) atoms. The van der Waals surface area contributed by atoms with Gasteiger partial charge >= 0.3 is 0 Å². The molecule has 2 aliphatic rings. The van der Waals surface area contributed by atoms with Gasteiger partial charge in [0, 0.05) is 30.4 Å². The molecule has 1 fully saturated rings. The summed E-state index contributed by atoms with van der Waals surface area (Å²) in [5.41, 5.74) is 4.37. The van der Waals surface area contributed by atoms with Gasteiger partial charge in [0.15, 0.2) is 0 Å². The Morgan fingerprint density at radius 1 is 1.19 bits per heavy atom. The quantitative estimate of drug-likeness (QED) is 0.935. The van der Waals surface area contributed by atoms with Crippen LogP contribution in [0.5, 0.6) is 0 Å². The van der Waals surface area contributed by atoms with E-state index in [-0.39, 0.29) is 0 Å². The van der Waals surface area contributed by atoms with Crippen LogP contribution < -0.4 is 5.32 Å². The van der Waals surface area contributed by atoms with Crippen molar-refractivity contribution in [3.63, 3.8) is 0 Å². The lowest BCUT2D eigenvalue weighted by Crippen LogP contribution is -2.42. The lowest BCUT2D eigenvalue weighted by atomic mass is 9.75. The largest absolute Gasteiger partial charge is 0.307 e. The predicted molar refractivity (Wildman–Crippen MR) is 84.2 cm³/mol. The molecule has 1 aromatic carbocycles. The number of hydrogen-bond donors (Lipinski definition) is 1. The van der Waals surface area contributed by atoms with Crippen molar-refractivity contribution in [2.45, 2.75) is 50.1 Å². The second-order valence-electron chi connectivity index (χ2n) is 6.56. The zero-order chi connectivity index (χ0) is 14.2. The number of hydrogen-bond acceptors (Lipinski definition) is 2. The fourth-order valence-electron chi connectivity index (χ4n) is 3.92. The van der Waals surface area contributed by atoms with Gasteiger partial charge < -0.3 is 5.32 Å². The molecule has 0 saturated heterocycles. The van der Waals surface area contributed by atoms with Crippen molar-refractivity contribution in [2.75, 3.05) is 0 Å². The summed E-state index contributed by atoms with van der Waals surface area (Å²) in [5.74, 6) is 0.751. The number of fused-ring (bicyclic) bond motifs is 1. The van der Waals surface area contributed by atoms with Crippen LogP contribution in [-0.4, -0.2) is 15.8 Å². The topological polar surface area (TPSA) is 29.9 Å². The van der Waals surface area contributed by atoms with Crippen LogP contribution in [0.1, 0.15) is 54.5 Å². The molecule has 3 heteroatoms. The minimum Gasteiger partial charge on any atom is -0.307 e. The Bertz CT molecular complexity index is 611. The van der Waals surface area contributed by atoms with Gasteiger partial charge in [-0.05, 0) is 43.6 Å². The summed E-state index contributed by atoms with van der Waals surface area (Å²) >= 11 is 0. The van der Waals surface area contributed by atoms with Gasteiger partial charge in [-0.25, -0.2) is 0 Å². The van der Waals surface area contributed by atoms with Crippen molar-refractivity contribution in [2.24, 2.45) is 7.05 Å². The Labute approximate surface area is 126 Å². The molecule has 0 radical (unpaired) electrons. The first kappa shape index (κ1) is 13.1. The maximum absolute atomic E-state index is 4.44. The second kappa shape index (κ2) is 5.30. The minimum atomic E-state index is 0.518. The van der Waals surface area contributed by atoms with Crippen molar-refractivity contribution in [3.05, 3.63) is 53.3 Å². The van der Waals surface area contributed by atoms with E-state index in [4.69, 9.17) is 0 Å².